The van der Waals surface area contributed by atoms with Gasteiger partial charge < -0.3 is 9.30 Å². The summed E-state index contributed by atoms with van der Waals surface area (Å²) in [5.41, 5.74) is 3.42. The fraction of sp³-hybridized carbons (Fsp3) is 0.0769. The molecule has 0 radical (unpaired) electrons. The Hall–Kier alpha value is -3.92. The first-order chi connectivity index (χ1) is 14.5. The SMILES string of the molecule is C=C(C)C(=O)Oc1ccc(-c2nc3c4ccccc4c4ccccc4c3n2C)cc1. The monoisotopic (exact) mass is 392 g/mol. The largest absolute Gasteiger partial charge is 0.423 e. The number of nitrogens with zero attached hydrogens (tertiary/aromatic N) is 2. The van der Waals surface area contributed by atoms with E-state index in [4.69, 9.17) is 9.72 Å². The van der Waals surface area contributed by atoms with Crippen LogP contribution in [0.1, 0.15) is 6.92 Å². The molecule has 0 N–H and O–H groups in total. The summed E-state index contributed by atoms with van der Waals surface area (Å²) in [6.07, 6.45) is 0. The van der Waals surface area contributed by atoms with Crippen LogP contribution in [0.2, 0.25) is 0 Å². The van der Waals surface area contributed by atoms with Gasteiger partial charge in [0, 0.05) is 29.0 Å². The van der Waals surface area contributed by atoms with Gasteiger partial charge in [-0.1, -0.05) is 55.1 Å². The Morgan fingerprint density at radius 1 is 0.867 bits per heavy atom. The molecule has 4 nitrogen and oxygen atoms in total. The Labute approximate surface area is 174 Å². The Bertz CT molecular complexity index is 1460. The van der Waals surface area contributed by atoms with Crippen molar-refractivity contribution in [1.29, 1.82) is 0 Å². The van der Waals surface area contributed by atoms with Gasteiger partial charge in [0.1, 0.15) is 11.6 Å². The van der Waals surface area contributed by atoms with Crippen molar-refractivity contribution in [2.24, 2.45) is 7.05 Å². The summed E-state index contributed by atoms with van der Waals surface area (Å²) in [6, 6.07) is 24.3. The highest BCUT2D eigenvalue weighted by atomic mass is 16.5. The lowest BCUT2D eigenvalue weighted by Gasteiger charge is -2.08. The quantitative estimate of drug-likeness (QED) is 0.163. The van der Waals surface area contributed by atoms with Crippen molar-refractivity contribution in [2.75, 3.05) is 0 Å². The number of esters is 1. The predicted molar refractivity (Wildman–Crippen MR) is 122 cm³/mol. The molecular formula is C26H20N2O2. The molecule has 4 aromatic carbocycles. The van der Waals surface area contributed by atoms with E-state index < -0.39 is 5.97 Å². The van der Waals surface area contributed by atoms with Crippen molar-refractivity contribution in [3.8, 4) is 17.1 Å². The van der Waals surface area contributed by atoms with Crippen molar-refractivity contribution >= 4 is 38.5 Å². The zero-order valence-corrected chi connectivity index (χ0v) is 16.8. The third-order valence-corrected chi connectivity index (χ3v) is 5.42. The first kappa shape index (κ1) is 18.1. The van der Waals surface area contributed by atoms with Crippen molar-refractivity contribution in [2.45, 2.75) is 6.92 Å². The van der Waals surface area contributed by atoms with Crippen LogP contribution < -0.4 is 4.74 Å². The van der Waals surface area contributed by atoms with Crippen LogP contribution in [0.3, 0.4) is 0 Å². The van der Waals surface area contributed by atoms with E-state index in [0.717, 1.165) is 27.8 Å². The minimum absolute atomic E-state index is 0.369. The number of carbonyl (C=O) groups is 1. The Balaban J connectivity index is 1.71. The first-order valence-electron chi connectivity index (χ1n) is 9.78. The first-order valence-corrected chi connectivity index (χ1v) is 9.78. The van der Waals surface area contributed by atoms with Crippen LogP contribution in [0.25, 0.3) is 44.0 Å². The fourth-order valence-corrected chi connectivity index (χ4v) is 3.97. The Morgan fingerprint density at radius 2 is 1.43 bits per heavy atom. The maximum atomic E-state index is 11.7. The number of fused-ring (bicyclic) bond motifs is 6. The van der Waals surface area contributed by atoms with Crippen molar-refractivity contribution in [3.05, 3.63) is 84.9 Å². The van der Waals surface area contributed by atoms with E-state index in [-0.39, 0.29) is 0 Å². The van der Waals surface area contributed by atoms with Gasteiger partial charge in [-0.25, -0.2) is 9.78 Å². The topological polar surface area (TPSA) is 44.1 Å². The molecule has 1 heterocycles. The number of hydrogen-bond acceptors (Lipinski definition) is 3. The molecule has 0 bridgehead atoms. The number of aryl methyl sites for hydroxylation is 1. The van der Waals surface area contributed by atoms with E-state index >= 15 is 0 Å². The van der Waals surface area contributed by atoms with E-state index in [1.165, 1.54) is 16.2 Å². The highest BCUT2D eigenvalue weighted by Gasteiger charge is 2.16. The molecule has 1 aromatic heterocycles. The van der Waals surface area contributed by atoms with E-state index in [2.05, 4.69) is 59.7 Å². The van der Waals surface area contributed by atoms with E-state index in [1.54, 1.807) is 19.1 Å². The molecule has 0 amide bonds. The van der Waals surface area contributed by atoms with Gasteiger partial charge in [0.05, 0.1) is 11.0 Å². The Kier molecular flexibility index (Phi) is 4.14. The molecule has 0 spiro atoms. The van der Waals surface area contributed by atoms with Crippen LogP contribution in [0.5, 0.6) is 5.75 Å². The third-order valence-electron chi connectivity index (χ3n) is 5.42. The van der Waals surface area contributed by atoms with Gasteiger partial charge >= 0.3 is 5.97 Å². The number of ether oxygens (including phenoxy) is 1. The standard InChI is InChI=1S/C26H20N2O2/c1-16(2)26(29)30-18-14-12-17(13-15-18)25-27-23-21-10-6-4-8-19(21)20-9-5-7-11-22(20)24(23)28(25)3/h4-15H,1H2,2-3H3. The molecule has 0 fully saturated rings. The van der Waals surface area contributed by atoms with Crippen LogP contribution >= 0.6 is 0 Å². The maximum Gasteiger partial charge on any atom is 0.338 e. The third kappa shape index (κ3) is 2.77. The average Bonchev–Trinajstić information content (AvgIpc) is 3.12. The normalized spacial score (nSPS) is 11.3. The van der Waals surface area contributed by atoms with Crippen LogP contribution in [-0.4, -0.2) is 15.5 Å². The Morgan fingerprint density at radius 3 is 2.07 bits per heavy atom. The van der Waals surface area contributed by atoms with Crippen molar-refractivity contribution < 1.29 is 9.53 Å². The van der Waals surface area contributed by atoms with Crippen molar-refractivity contribution in [1.82, 2.24) is 9.55 Å². The second-order valence-electron chi connectivity index (χ2n) is 7.48. The summed E-state index contributed by atoms with van der Waals surface area (Å²) in [5.74, 6) is 0.925. The maximum absolute atomic E-state index is 11.7. The number of benzene rings is 4. The zero-order valence-electron chi connectivity index (χ0n) is 16.8. The van der Waals surface area contributed by atoms with E-state index in [1.807, 2.05) is 19.2 Å². The summed E-state index contributed by atoms with van der Waals surface area (Å²) in [7, 11) is 2.04. The minimum Gasteiger partial charge on any atom is -0.423 e. The average molecular weight is 392 g/mol. The summed E-state index contributed by atoms with van der Waals surface area (Å²) >= 11 is 0. The molecule has 146 valence electrons. The number of rotatable bonds is 3. The number of imidazole rings is 1. The molecule has 0 atom stereocenters. The van der Waals surface area contributed by atoms with Crippen LogP contribution in [0, 0.1) is 0 Å². The van der Waals surface area contributed by atoms with Crippen LogP contribution in [-0.2, 0) is 11.8 Å². The van der Waals surface area contributed by atoms with Gasteiger partial charge in [-0.05, 0) is 42.0 Å². The van der Waals surface area contributed by atoms with Gasteiger partial charge in [0.25, 0.3) is 0 Å². The molecule has 0 unspecified atom stereocenters. The molecule has 5 rings (SSSR count). The molecular weight excluding hydrogens is 372 g/mol. The number of hydrogen-bond donors (Lipinski definition) is 0. The summed E-state index contributed by atoms with van der Waals surface area (Å²) < 4.78 is 7.44. The molecule has 5 aromatic rings. The minimum atomic E-state index is -0.427. The molecule has 0 aliphatic carbocycles. The fourth-order valence-electron chi connectivity index (χ4n) is 3.97. The summed E-state index contributed by atoms with van der Waals surface area (Å²) in [4.78, 5) is 16.8. The lowest BCUT2D eigenvalue weighted by molar-refractivity contribution is -0.130. The molecule has 0 aliphatic rings. The highest BCUT2D eigenvalue weighted by molar-refractivity contribution is 6.23. The second-order valence-corrected chi connectivity index (χ2v) is 7.48. The van der Waals surface area contributed by atoms with Gasteiger partial charge in [-0.2, -0.15) is 0 Å². The second kappa shape index (κ2) is 6.85. The smallest absolute Gasteiger partial charge is 0.338 e. The van der Waals surface area contributed by atoms with Gasteiger partial charge in [0.2, 0.25) is 0 Å². The summed E-state index contributed by atoms with van der Waals surface area (Å²) in [6.45, 7) is 5.24. The van der Waals surface area contributed by atoms with E-state index in [0.29, 0.717) is 11.3 Å². The van der Waals surface area contributed by atoms with E-state index in [9.17, 15) is 4.79 Å². The molecule has 30 heavy (non-hydrogen) atoms. The zero-order chi connectivity index (χ0) is 20.8. The van der Waals surface area contributed by atoms with Crippen molar-refractivity contribution in [3.63, 3.8) is 0 Å². The molecule has 0 saturated carbocycles. The highest BCUT2D eigenvalue weighted by Crippen LogP contribution is 2.36. The molecule has 0 aliphatic heterocycles. The van der Waals surface area contributed by atoms with Gasteiger partial charge in [0.15, 0.2) is 0 Å². The molecule has 4 heteroatoms. The lowest BCUT2D eigenvalue weighted by atomic mass is 10.00. The predicted octanol–water partition coefficient (Wildman–Crippen LogP) is 6.03. The number of aromatic nitrogens is 2. The van der Waals surface area contributed by atoms with Crippen LogP contribution in [0.4, 0.5) is 0 Å². The summed E-state index contributed by atoms with van der Waals surface area (Å²) in [5, 5.41) is 4.74. The van der Waals surface area contributed by atoms with Gasteiger partial charge in [-0.15, -0.1) is 0 Å². The lowest BCUT2D eigenvalue weighted by Crippen LogP contribution is -2.07. The number of carbonyl (C=O) groups excluding carboxylic acids is 1. The molecule has 0 saturated heterocycles. The van der Waals surface area contributed by atoms with Crippen LogP contribution in [0.15, 0.2) is 84.9 Å². The van der Waals surface area contributed by atoms with Gasteiger partial charge in [-0.3, -0.25) is 0 Å².